The number of carbonyl (C=O) groups excluding carboxylic acids is 1. The van der Waals surface area contributed by atoms with E-state index in [1.165, 1.54) is 61.4 Å². The van der Waals surface area contributed by atoms with Gasteiger partial charge in [-0.3, -0.25) is 4.79 Å². The Balaban J connectivity index is 0.000000290. The summed E-state index contributed by atoms with van der Waals surface area (Å²) >= 11 is 0. The Kier molecular flexibility index (Phi) is 7.64. The van der Waals surface area contributed by atoms with E-state index in [2.05, 4.69) is 40.2 Å². The molecule has 1 saturated heterocycles. The summed E-state index contributed by atoms with van der Waals surface area (Å²) in [5.74, 6) is -0.146. The van der Waals surface area contributed by atoms with Gasteiger partial charge in [-0.2, -0.15) is 0 Å². The van der Waals surface area contributed by atoms with E-state index in [1.54, 1.807) is 25.1 Å². The Hall–Kier alpha value is -2.40. The second-order valence-electron chi connectivity index (χ2n) is 7.78. The van der Waals surface area contributed by atoms with Crippen molar-refractivity contribution in [2.45, 2.75) is 45.7 Å². The van der Waals surface area contributed by atoms with Gasteiger partial charge in [-0.15, -0.1) is 0 Å². The first-order chi connectivity index (χ1) is 14.1. The van der Waals surface area contributed by atoms with Crippen molar-refractivity contribution in [3.8, 4) is 0 Å². The predicted octanol–water partition coefficient (Wildman–Crippen LogP) is 4.00. The van der Waals surface area contributed by atoms with Crippen molar-refractivity contribution in [2.75, 3.05) is 31.1 Å². The van der Waals surface area contributed by atoms with Crippen LogP contribution in [0.2, 0.25) is 0 Å². The molecule has 156 valence electrons. The van der Waals surface area contributed by atoms with Crippen LogP contribution in [-0.2, 0) is 17.8 Å². The molecule has 0 atom stereocenters. The fourth-order valence-electron chi connectivity index (χ4n) is 4.13. The highest BCUT2D eigenvalue weighted by Gasteiger charge is 2.28. The second kappa shape index (κ2) is 10.4. The molecule has 2 aromatic carbocycles. The SMILES string of the molecule is CCN1CCC(N2CCc3ccc(CNC(C)=O)cc32)CC1.Fc1ccccc1. The standard InChI is InChI=1S/C18H27N3O.C6H5F/c1-3-20-9-7-17(8-10-20)21-11-6-16-5-4-15(12-18(16)21)13-19-14(2)22;7-6-4-2-1-3-5-6/h4-5,12,17H,3,6-11,13H2,1-2H3,(H,19,22);1-5H. The Morgan fingerprint density at radius 2 is 1.83 bits per heavy atom. The van der Waals surface area contributed by atoms with Crippen molar-refractivity contribution in [1.29, 1.82) is 0 Å². The Bertz CT molecular complexity index is 788. The number of halogens is 1. The Morgan fingerprint density at radius 1 is 1.10 bits per heavy atom. The van der Waals surface area contributed by atoms with Gasteiger partial charge in [-0.25, -0.2) is 4.39 Å². The third kappa shape index (κ3) is 6.04. The number of hydrogen-bond donors (Lipinski definition) is 1. The van der Waals surface area contributed by atoms with Crippen molar-refractivity contribution < 1.29 is 9.18 Å². The van der Waals surface area contributed by atoms with E-state index in [0.717, 1.165) is 13.0 Å². The van der Waals surface area contributed by atoms with Crippen LogP contribution in [0.15, 0.2) is 48.5 Å². The smallest absolute Gasteiger partial charge is 0.217 e. The van der Waals surface area contributed by atoms with Crippen molar-refractivity contribution in [3.63, 3.8) is 0 Å². The minimum atomic E-state index is -0.178. The zero-order valence-electron chi connectivity index (χ0n) is 17.5. The van der Waals surface area contributed by atoms with Crippen LogP contribution in [-0.4, -0.2) is 43.0 Å². The molecule has 2 heterocycles. The highest BCUT2D eigenvalue weighted by molar-refractivity contribution is 5.73. The van der Waals surface area contributed by atoms with E-state index < -0.39 is 0 Å². The molecular formula is C24H32FN3O. The highest BCUT2D eigenvalue weighted by Crippen LogP contribution is 2.33. The van der Waals surface area contributed by atoms with Gasteiger partial charge in [0.05, 0.1) is 0 Å². The summed E-state index contributed by atoms with van der Waals surface area (Å²) in [6.45, 7) is 9.21. The number of nitrogens with one attached hydrogen (secondary N) is 1. The molecule has 4 rings (SSSR count). The van der Waals surface area contributed by atoms with E-state index in [0.29, 0.717) is 12.6 Å². The number of likely N-dealkylation sites (tertiary alicyclic amines) is 1. The van der Waals surface area contributed by atoms with Gasteiger partial charge in [0.1, 0.15) is 5.82 Å². The van der Waals surface area contributed by atoms with Crippen LogP contribution in [0.3, 0.4) is 0 Å². The number of anilines is 1. The lowest BCUT2D eigenvalue weighted by Crippen LogP contribution is -2.44. The van der Waals surface area contributed by atoms with Crippen LogP contribution in [0.5, 0.6) is 0 Å². The third-order valence-electron chi connectivity index (χ3n) is 5.80. The first kappa shape index (κ1) is 21.3. The van der Waals surface area contributed by atoms with Crippen LogP contribution < -0.4 is 10.2 Å². The first-order valence-electron chi connectivity index (χ1n) is 10.6. The molecule has 0 radical (unpaired) electrons. The number of piperidine rings is 1. The maximum atomic E-state index is 11.9. The molecule has 0 spiro atoms. The fraction of sp³-hybridized carbons (Fsp3) is 0.458. The van der Waals surface area contributed by atoms with Gasteiger partial charge < -0.3 is 15.1 Å². The minimum absolute atomic E-state index is 0.0318. The van der Waals surface area contributed by atoms with E-state index in [-0.39, 0.29) is 11.7 Å². The normalized spacial score (nSPS) is 16.7. The number of carbonyl (C=O) groups is 1. The number of nitrogens with zero attached hydrogens (tertiary/aromatic N) is 2. The van der Waals surface area contributed by atoms with Crippen molar-refractivity contribution in [3.05, 3.63) is 65.5 Å². The van der Waals surface area contributed by atoms with Gasteiger partial charge in [0.15, 0.2) is 0 Å². The van der Waals surface area contributed by atoms with E-state index in [4.69, 9.17) is 0 Å². The first-order valence-corrected chi connectivity index (χ1v) is 10.6. The van der Waals surface area contributed by atoms with E-state index in [9.17, 15) is 9.18 Å². The van der Waals surface area contributed by atoms with E-state index >= 15 is 0 Å². The summed E-state index contributed by atoms with van der Waals surface area (Å²) in [7, 11) is 0. The highest BCUT2D eigenvalue weighted by atomic mass is 19.1. The lowest BCUT2D eigenvalue weighted by Gasteiger charge is -2.37. The average molecular weight is 398 g/mol. The summed E-state index contributed by atoms with van der Waals surface area (Å²) in [5, 5.41) is 2.90. The quantitative estimate of drug-likeness (QED) is 0.847. The summed E-state index contributed by atoms with van der Waals surface area (Å²) in [5.41, 5.74) is 4.06. The van der Waals surface area contributed by atoms with Crippen LogP contribution in [0.1, 0.15) is 37.8 Å². The molecule has 2 aliphatic rings. The Morgan fingerprint density at radius 3 is 2.41 bits per heavy atom. The maximum absolute atomic E-state index is 11.9. The summed E-state index contributed by atoms with van der Waals surface area (Å²) in [4.78, 5) is 16.2. The zero-order valence-corrected chi connectivity index (χ0v) is 17.5. The number of rotatable bonds is 4. The van der Waals surface area contributed by atoms with Crippen LogP contribution in [0.4, 0.5) is 10.1 Å². The van der Waals surface area contributed by atoms with Gasteiger partial charge in [-0.1, -0.05) is 37.3 Å². The number of fused-ring (bicyclic) bond motifs is 1. The molecule has 2 aromatic rings. The number of amides is 1. The molecule has 1 N–H and O–H groups in total. The van der Waals surface area contributed by atoms with Gasteiger partial charge >= 0.3 is 0 Å². The molecule has 1 fully saturated rings. The molecule has 0 bridgehead atoms. The average Bonchev–Trinajstić information content (AvgIpc) is 3.16. The van der Waals surface area contributed by atoms with Gasteiger partial charge in [0, 0.05) is 44.8 Å². The van der Waals surface area contributed by atoms with Gasteiger partial charge in [-0.05, 0) is 55.1 Å². The largest absolute Gasteiger partial charge is 0.368 e. The monoisotopic (exact) mass is 397 g/mol. The van der Waals surface area contributed by atoms with Crippen LogP contribution in [0.25, 0.3) is 0 Å². The molecule has 5 heteroatoms. The number of hydrogen-bond acceptors (Lipinski definition) is 3. The van der Waals surface area contributed by atoms with Crippen molar-refractivity contribution in [1.82, 2.24) is 10.2 Å². The van der Waals surface area contributed by atoms with Gasteiger partial charge in [0.2, 0.25) is 5.91 Å². The molecule has 0 aliphatic carbocycles. The maximum Gasteiger partial charge on any atom is 0.217 e. The summed E-state index contributed by atoms with van der Waals surface area (Å²) in [6, 6.07) is 15.3. The third-order valence-corrected chi connectivity index (χ3v) is 5.80. The van der Waals surface area contributed by atoms with E-state index in [1.807, 2.05) is 0 Å². The van der Waals surface area contributed by atoms with Crippen LogP contribution >= 0.6 is 0 Å². The molecule has 2 aliphatic heterocycles. The topological polar surface area (TPSA) is 35.6 Å². The molecule has 29 heavy (non-hydrogen) atoms. The minimum Gasteiger partial charge on any atom is -0.368 e. The molecule has 1 amide bonds. The molecule has 0 unspecified atom stereocenters. The van der Waals surface area contributed by atoms with Crippen molar-refractivity contribution >= 4 is 11.6 Å². The second-order valence-corrected chi connectivity index (χ2v) is 7.78. The van der Waals surface area contributed by atoms with Crippen molar-refractivity contribution in [2.24, 2.45) is 0 Å². The Labute approximate surface area is 173 Å². The predicted molar refractivity (Wildman–Crippen MR) is 117 cm³/mol. The molecule has 0 saturated carbocycles. The lowest BCUT2D eigenvalue weighted by molar-refractivity contribution is -0.119. The molecule has 0 aromatic heterocycles. The fourth-order valence-corrected chi connectivity index (χ4v) is 4.13. The molecular weight excluding hydrogens is 365 g/mol. The summed E-state index contributed by atoms with van der Waals surface area (Å²) < 4.78 is 11.9. The number of benzene rings is 2. The van der Waals surface area contributed by atoms with Crippen LogP contribution in [0, 0.1) is 5.82 Å². The van der Waals surface area contributed by atoms with Gasteiger partial charge in [0.25, 0.3) is 0 Å². The summed E-state index contributed by atoms with van der Waals surface area (Å²) in [6.07, 6.45) is 3.69. The lowest BCUT2D eigenvalue weighted by atomic mass is 10.0. The zero-order chi connectivity index (χ0) is 20.6. The molecule has 4 nitrogen and oxygen atoms in total.